The van der Waals surface area contributed by atoms with E-state index in [-0.39, 0.29) is 29.1 Å². The highest BCUT2D eigenvalue weighted by Gasteiger charge is 2.72. The van der Waals surface area contributed by atoms with E-state index >= 15 is 0 Å². The predicted molar refractivity (Wildman–Crippen MR) is 64.1 cm³/mol. The number of hydrogen-bond acceptors (Lipinski definition) is 4. The number of carbonyl (C=O) groups excluding carboxylic acids is 2. The summed E-state index contributed by atoms with van der Waals surface area (Å²) >= 11 is 0. The highest BCUT2D eigenvalue weighted by atomic mass is 16.2. The van der Waals surface area contributed by atoms with Crippen molar-refractivity contribution in [2.75, 3.05) is 12.3 Å². The van der Waals surface area contributed by atoms with Crippen molar-refractivity contribution >= 4 is 17.6 Å². The average Bonchev–Trinajstić information content (AvgIpc) is 2.58. The number of hydrogen-bond donors (Lipinski definition) is 1. The number of carbonyl (C=O) groups is 2. The van der Waals surface area contributed by atoms with E-state index in [9.17, 15) is 9.59 Å². The summed E-state index contributed by atoms with van der Waals surface area (Å²) in [5.41, 5.74) is 5.36. The van der Waals surface area contributed by atoms with Crippen molar-refractivity contribution in [3.8, 4) is 0 Å². The van der Waals surface area contributed by atoms with Gasteiger partial charge < -0.3 is 5.73 Å². The monoisotopic (exact) mass is 248 g/mol. The van der Waals surface area contributed by atoms with E-state index in [2.05, 4.69) is 5.10 Å². The van der Waals surface area contributed by atoms with E-state index in [1.54, 1.807) is 16.9 Å². The maximum absolute atomic E-state index is 12.1. The summed E-state index contributed by atoms with van der Waals surface area (Å²) in [7, 11) is 0. The number of aromatic nitrogens is 2. The topological polar surface area (TPSA) is 81.2 Å². The maximum atomic E-state index is 12.1. The van der Waals surface area contributed by atoms with Crippen molar-refractivity contribution in [1.82, 2.24) is 14.7 Å². The Morgan fingerprint density at radius 2 is 1.89 bits per heavy atom. The first kappa shape index (κ1) is 11.3. The smallest absolute Gasteiger partial charge is 0.233 e. The largest absolute Gasteiger partial charge is 0.382 e. The third kappa shape index (κ3) is 1.38. The van der Waals surface area contributed by atoms with Crippen LogP contribution in [0, 0.1) is 17.3 Å². The number of nitrogens with zero attached hydrogens (tertiary/aromatic N) is 3. The molecule has 1 aliphatic heterocycles. The fourth-order valence-electron chi connectivity index (χ4n) is 2.93. The van der Waals surface area contributed by atoms with Crippen LogP contribution < -0.4 is 5.73 Å². The summed E-state index contributed by atoms with van der Waals surface area (Å²) in [5.74, 6) is 0.170. The van der Waals surface area contributed by atoms with Gasteiger partial charge in [0.05, 0.1) is 18.4 Å². The average molecular weight is 248 g/mol. The van der Waals surface area contributed by atoms with Gasteiger partial charge in [0, 0.05) is 12.7 Å². The molecule has 2 unspecified atom stereocenters. The van der Waals surface area contributed by atoms with Crippen LogP contribution in [-0.4, -0.2) is 33.0 Å². The van der Waals surface area contributed by atoms with Crippen LogP contribution in [0.15, 0.2) is 12.3 Å². The summed E-state index contributed by atoms with van der Waals surface area (Å²) in [5, 5.41) is 4.03. The number of amides is 2. The lowest BCUT2D eigenvalue weighted by Gasteiger charge is -2.20. The van der Waals surface area contributed by atoms with Crippen molar-refractivity contribution in [1.29, 1.82) is 0 Å². The fourth-order valence-corrected chi connectivity index (χ4v) is 2.93. The van der Waals surface area contributed by atoms with Gasteiger partial charge in [-0.3, -0.25) is 19.2 Å². The van der Waals surface area contributed by atoms with Crippen molar-refractivity contribution in [2.45, 2.75) is 20.4 Å². The third-order valence-electron chi connectivity index (χ3n) is 4.11. The van der Waals surface area contributed by atoms with Gasteiger partial charge in [0.25, 0.3) is 0 Å². The summed E-state index contributed by atoms with van der Waals surface area (Å²) < 4.78 is 1.64. The minimum Gasteiger partial charge on any atom is -0.382 e. The quantitative estimate of drug-likeness (QED) is 0.770. The van der Waals surface area contributed by atoms with Gasteiger partial charge in [0.1, 0.15) is 5.82 Å². The molecule has 1 aliphatic carbocycles. The van der Waals surface area contributed by atoms with Crippen molar-refractivity contribution in [3.63, 3.8) is 0 Å². The van der Waals surface area contributed by atoms with Crippen LogP contribution in [0.5, 0.6) is 0 Å². The van der Waals surface area contributed by atoms with Crippen LogP contribution in [0.3, 0.4) is 0 Å². The number of fused-ring (bicyclic) bond motifs is 1. The van der Waals surface area contributed by atoms with Gasteiger partial charge in [0.15, 0.2) is 0 Å². The summed E-state index contributed by atoms with van der Waals surface area (Å²) in [6.45, 7) is 4.82. The van der Waals surface area contributed by atoms with Crippen molar-refractivity contribution in [3.05, 3.63) is 12.3 Å². The van der Waals surface area contributed by atoms with E-state index < -0.39 is 0 Å². The molecular weight excluding hydrogens is 232 g/mol. The predicted octanol–water partition coefficient (Wildman–Crippen LogP) is 0.106. The van der Waals surface area contributed by atoms with Gasteiger partial charge in [-0.1, -0.05) is 13.8 Å². The van der Waals surface area contributed by atoms with Crippen LogP contribution in [0.25, 0.3) is 0 Å². The summed E-state index contributed by atoms with van der Waals surface area (Å²) in [4.78, 5) is 25.5. The van der Waals surface area contributed by atoms with Gasteiger partial charge in [-0.25, -0.2) is 0 Å². The standard InChI is InChI=1S/C12H16N4O2/c1-12(2)8-9(12)11(18)16(10(8)17)6-5-15-4-3-7(13)14-15/h3-4,8-9H,5-6H2,1-2H3,(H2,13,14). The van der Waals surface area contributed by atoms with Crippen LogP contribution in [0.4, 0.5) is 5.82 Å². The molecule has 2 amide bonds. The highest BCUT2D eigenvalue weighted by Crippen LogP contribution is 2.63. The molecule has 6 nitrogen and oxygen atoms in total. The van der Waals surface area contributed by atoms with Crippen LogP contribution >= 0.6 is 0 Å². The van der Waals surface area contributed by atoms with Gasteiger partial charge in [-0.2, -0.15) is 5.10 Å². The molecule has 2 N–H and O–H groups in total. The molecule has 1 saturated carbocycles. The number of piperidine rings is 1. The second kappa shape index (κ2) is 3.34. The molecule has 2 fully saturated rings. The SMILES string of the molecule is CC1(C)C2C(=O)N(CCn3ccc(N)n3)C(=O)C21. The first-order valence-corrected chi connectivity index (χ1v) is 6.07. The number of nitrogens with two attached hydrogens (primary N) is 1. The van der Waals surface area contributed by atoms with E-state index in [1.807, 2.05) is 13.8 Å². The second-order valence-electron chi connectivity index (χ2n) is 5.61. The zero-order chi connectivity index (χ0) is 13.1. The Hall–Kier alpha value is -1.85. The number of nitrogen functional groups attached to an aromatic ring is 1. The van der Waals surface area contributed by atoms with E-state index in [0.29, 0.717) is 18.9 Å². The molecule has 2 aliphatic rings. The van der Waals surface area contributed by atoms with E-state index in [1.165, 1.54) is 4.90 Å². The molecule has 1 aromatic heterocycles. The second-order valence-corrected chi connectivity index (χ2v) is 5.61. The molecule has 18 heavy (non-hydrogen) atoms. The highest BCUT2D eigenvalue weighted by molar-refractivity contribution is 6.10. The fraction of sp³-hybridized carbons (Fsp3) is 0.583. The van der Waals surface area contributed by atoms with E-state index in [0.717, 1.165) is 0 Å². The van der Waals surface area contributed by atoms with Crippen LogP contribution in [0.2, 0.25) is 0 Å². The van der Waals surface area contributed by atoms with Crippen molar-refractivity contribution in [2.24, 2.45) is 17.3 Å². The lowest BCUT2D eigenvalue weighted by molar-refractivity contribution is -0.143. The van der Waals surface area contributed by atoms with Gasteiger partial charge >= 0.3 is 0 Å². The molecule has 1 aromatic rings. The molecule has 96 valence electrons. The van der Waals surface area contributed by atoms with Gasteiger partial charge in [-0.05, 0) is 11.5 Å². The molecule has 6 heteroatoms. The van der Waals surface area contributed by atoms with Gasteiger partial charge in [-0.15, -0.1) is 0 Å². The molecule has 0 aromatic carbocycles. The zero-order valence-electron chi connectivity index (χ0n) is 10.5. The number of imide groups is 1. The Kier molecular flexibility index (Phi) is 2.09. The molecule has 0 radical (unpaired) electrons. The third-order valence-corrected chi connectivity index (χ3v) is 4.11. The number of anilines is 1. The summed E-state index contributed by atoms with van der Waals surface area (Å²) in [6.07, 6.45) is 1.74. The normalized spacial score (nSPS) is 28.7. The summed E-state index contributed by atoms with van der Waals surface area (Å²) in [6, 6.07) is 1.69. The Bertz CT molecular complexity index is 510. The Labute approximate surface area is 105 Å². The van der Waals surface area contributed by atoms with Gasteiger partial charge in [0.2, 0.25) is 11.8 Å². The maximum Gasteiger partial charge on any atom is 0.233 e. The van der Waals surface area contributed by atoms with Crippen LogP contribution in [-0.2, 0) is 16.1 Å². The van der Waals surface area contributed by atoms with Crippen LogP contribution in [0.1, 0.15) is 13.8 Å². The molecule has 1 saturated heterocycles. The number of rotatable bonds is 3. The first-order chi connectivity index (χ1) is 8.43. The Morgan fingerprint density at radius 3 is 2.39 bits per heavy atom. The minimum absolute atomic E-state index is 0.0323. The Balaban J connectivity index is 1.66. The molecule has 0 bridgehead atoms. The lowest BCUT2D eigenvalue weighted by Crippen LogP contribution is -2.38. The first-order valence-electron chi connectivity index (χ1n) is 6.07. The molecule has 0 spiro atoms. The number of likely N-dealkylation sites (tertiary alicyclic amines) is 1. The Morgan fingerprint density at radius 1 is 1.28 bits per heavy atom. The lowest BCUT2D eigenvalue weighted by atomic mass is 10.1. The van der Waals surface area contributed by atoms with E-state index in [4.69, 9.17) is 5.73 Å². The zero-order valence-corrected chi connectivity index (χ0v) is 10.5. The van der Waals surface area contributed by atoms with Crippen molar-refractivity contribution < 1.29 is 9.59 Å². The minimum atomic E-state index is -0.138. The molecule has 2 atom stereocenters. The molecule has 3 rings (SSSR count). The molecule has 2 heterocycles. The molecular formula is C12H16N4O2.